The Hall–Kier alpha value is -7.18. The van der Waals surface area contributed by atoms with Gasteiger partial charge in [0.25, 0.3) is 11.8 Å². The third-order valence-electron chi connectivity index (χ3n) is 11.4. The van der Waals surface area contributed by atoms with Crippen LogP contribution in [0.3, 0.4) is 0 Å². The smallest absolute Gasteiger partial charge is 0.360 e. The van der Waals surface area contributed by atoms with Crippen molar-refractivity contribution in [2.45, 2.75) is 55.5 Å². The average Bonchev–Trinajstić information content (AvgIpc) is 4.22. The lowest BCUT2D eigenvalue weighted by atomic mass is 9.93. The molecule has 0 bridgehead atoms. The third kappa shape index (κ3) is 9.14. The number of aromatic nitrogens is 6. The van der Waals surface area contributed by atoms with E-state index in [0.717, 1.165) is 37.0 Å². The fraction of sp³-hybridized carbons (Fsp3) is 0.311. The highest BCUT2D eigenvalue weighted by Gasteiger charge is 2.50. The van der Waals surface area contributed by atoms with Crippen LogP contribution in [0.15, 0.2) is 108 Å². The molecule has 2 aromatic carbocycles. The number of hydrogen-bond acceptors (Lipinski definition) is 14. The molecule has 4 aliphatic rings. The zero-order valence-corrected chi connectivity index (χ0v) is 36.1. The van der Waals surface area contributed by atoms with Crippen molar-refractivity contribution in [3.8, 4) is 11.5 Å². The molecule has 6 heterocycles. The van der Waals surface area contributed by atoms with Gasteiger partial charge < -0.3 is 39.6 Å². The number of rotatable bonds is 8. The standard InChI is InChI=1S/C21H20N6O3.C15H15NO3.C9H11N3O2.ClH/c1-27-15-7-10-22-11-16(15)30-12-14(19(27)29)23-18(28)17-24-20(26-25-17)21(8-9-21)13-5-3-2-4-6-13;1-2-18-14(17)12-10-13(19-16-12)15(8-9-15)11-6-4-3-5-7-11;1-12-7-2-3-11-4-8(7)14-5-6(10)9(12)13;/h2-7,10-11,14H,8-9,12H2,1H3,(H,23,28)(H,24,25,26);3-7,10H,2,8-9H2,1H3;2-4,6H,5,10H2,1H3;1H/t14-;;6-;/m0.0./s1. The minimum absolute atomic E-state index is 0. The highest BCUT2D eigenvalue weighted by molar-refractivity contribution is 6.02. The van der Waals surface area contributed by atoms with E-state index >= 15 is 0 Å². The van der Waals surface area contributed by atoms with Crippen LogP contribution in [0.25, 0.3) is 0 Å². The number of hydrogen-bond donors (Lipinski definition) is 3. The van der Waals surface area contributed by atoms with E-state index in [-0.39, 0.29) is 59.8 Å². The Kier molecular flexibility index (Phi) is 13.4. The van der Waals surface area contributed by atoms with Crippen molar-refractivity contribution in [3.63, 3.8) is 0 Å². The summed E-state index contributed by atoms with van der Waals surface area (Å²) >= 11 is 0. The molecule has 4 aromatic heterocycles. The van der Waals surface area contributed by atoms with Crippen LogP contribution in [-0.4, -0.2) is 100.0 Å². The van der Waals surface area contributed by atoms with Crippen LogP contribution in [0.4, 0.5) is 11.4 Å². The third-order valence-corrected chi connectivity index (χ3v) is 11.4. The lowest BCUT2D eigenvalue weighted by molar-refractivity contribution is -0.120. The van der Waals surface area contributed by atoms with Gasteiger partial charge in [0.05, 0.1) is 41.2 Å². The summed E-state index contributed by atoms with van der Waals surface area (Å²) in [7, 11) is 3.31. The van der Waals surface area contributed by atoms with Crippen molar-refractivity contribution >= 4 is 47.5 Å². The summed E-state index contributed by atoms with van der Waals surface area (Å²) in [5.41, 5.74) is 9.21. The van der Waals surface area contributed by atoms with E-state index in [9.17, 15) is 19.2 Å². The number of nitrogens with zero attached hydrogens (tertiary/aromatic N) is 7. The highest BCUT2D eigenvalue weighted by Crippen LogP contribution is 2.54. The number of benzene rings is 2. The van der Waals surface area contributed by atoms with Gasteiger partial charge in [-0.05, 0) is 55.9 Å². The fourth-order valence-corrected chi connectivity index (χ4v) is 7.55. The zero-order valence-electron chi connectivity index (χ0n) is 35.3. The number of carbonyl (C=O) groups excluding carboxylic acids is 4. The molecule has 19 heteroatoms. The number of amides is 3. The summed E-state index contributed by atoms with van der Waals surface area (Å²) in [6.07, 6.45) is 10.3. The van der Waals surface area contributed by atoms with Gasteiger partial charge in [-0.25, -0.2) is 9.78 Å². The fourth-order valence-electron chi connectivity index (χ4n) is 7.55. The largest absolute Gasteiger partial charge is 0.488 e. The molecule has 0 radical (unpaired) electrons. The van der Waals surface area contributed by atoms with Crippen LogP contribution < -0.4 is 30.3 Å². The molecule has 0 saturated heterocycles. The Labute approximate surface area is 374 Å². The minimum Gasteiger partial charge on any atom is -0.488 e. The normalized spacial score (nSPS) is 18.5. The molecule has 2 atom stereocenters. The molecule has 10 rings (SSSR count). The maximum absolute atomic E-state index is 12.8. The van der Waals surface area contributed by atoms with E-state index in [1.165, 1.54) is 15.4 Å². The summed E-state index contributed by atoms with van der Waals surface area (Å²) in [6.45, 7) is 2.30. The van der Waals surface area contributed by atoms with Gasteiger partial charge in [0.15, 0.2) is 17.2 Å². The number of halogens is 1. The van der Waals surface area contributed by atoms with Gasteiger partial charge in [0.1, 0.15) is 36.9 Å². The number of H-pyrrole nitrogens is 1. The lowest BCUT2D eigenvalue weighted by Gasteiger charge is -2.19. The van der Waals surface area contributed by atoms with Gasteiger partial charge >= 0.3 is 5.97 Å². The van der Waals surface area contributed by atoms with E-state index in [1.54, 1.807) is 64.0 Å². The number of likely N-dealkylation sites (N-methyl/N-ethyl adjacent to an activating group) is 2. The molecule has 2 aliphatic heterocycles. The SMILES string of the molecule is CCOC(=O)c1cc(C2(c3ccccc3)CC2)on1.CN1C(=O)[C@@H](N)COc2cnccc21.CN1C(=O)[C@@H](NC(=O)c2n[nH]c(C3(c4ccccc4)CC3)n2)COc2cnccc21.Cl. The summed E-state index contributed by atoms with van der Waals surface area (Å²) in [5, 5.41) is 13.5. The average molecular weight is 891 g/mol. The second-order valence-electron chi connectivity index (χ2n) is 15.4. The Morgan fingerprint density at radius 1 is 0.828 bits per heavy atom. The number of anilines is 2. The van der Waals surface area contributed by atoms with Gasteiger partial charge in [0, 0.05) is 32.6 Å². The topological polar surface area (TPSA) is 234 Å². The second-order valence-corrected chi connectivity index (χ2v) is 15.4. The van der Waals surface area contributed by atoms with Gasteiger partial charge in [-0.2, -0.15) is 0 Å². The Morgan fingerprint density at radius 3 is 1.97 bits per heavy atom. The van der Waals surface area contributed by atoms with E-state index in [4.69, 9.17) is 24.5 Å². The van der Waals surface area contributed by atoms with Gasteiger partial charge in [-0.3, -0.25) is 29.5 Å². The maximum atomic E-state index is 12.8. The number of esters is 1. The number of aromatic amines is 1. The lowest BCUT2D eigenvalue weighted by Crippen LogP contribution is -2.49. The van der Waals surface area contributed by atoms with Crippen molar-refractivity contribution in [1.82, 2.24) is 35.6 Å². The predicted molar refractivity (Wildman–Crippen MR) is 235 cm³/mol. The number of fused-ring (bicyclic) bond motifs is 2. The molecule has 332 valence electrons. The summed E-state index contributed by atoms with van der Waals surface area (Å²) in [4.78, 5) is 64.1. The molecule has 18 nitrogen and oxygen atoms in total. The number of nitrogens with two attached hydrogens (primary N) is 1. The number of nitrogens with one attached hydrogen (secondary N) is 2. The van der Waals surface area contributed by atoms with E-state index in [0.29, 0.717) is 35.3 Å². The number of carbonyl (C=O) groups is 4. The molecular weight excluding hydrogens is 844 g/mol. The van der Waals surface area contributed by atoms with Crippen molar-refractivity contribution in [2.24, 2.45) is 5.73 Å². The van der Waals surface area contributed by atoms with E-state index < -0.39 is 24.0 Å². The van der Waals surface area contributed by atoms with Crippen LogP contribution >= 0.6 is 12.4 Å². The molecule has 6 aromatic rings. The first-order valence-corrected chi connectivity index (χ1v) is 20.5. The number of pyridine rings is 2. The molecule has 2 aliphatic carbocycles. The second kappa shape index (κ2) is 19.1. The van der Waals surface area contributed by atoms with E-state index in [2.05, 4.69) is 59.9 Å². The van der Waals surface area contributed by atoms with Crippen molar-refractivity contribution in [3.05, 3.63) is 138 Å². The monoisotopic (exact) mass is 890 g/mol. The van der Waals surface area contributed by atoms with Crippen molar-refractivity contribution in [2.75, 3.05) is 43.7 Å². The maximum Gasteiger partial charge on any atom is 0.360 e. The molecule has 2 saturated carbocycles. The summed E-state index contributed by atoms with van der Waals surface area (Å²) < 4.78 is 21.3. The van der Waals surface area contributed by atoms with Gasteiger partial charge in [-0.1, -0.05) is 65.8 Å². The minimum atomic E-state index is -0.860. The first-order chi connectivity index (χ1) is 30.5. The molecule has 2 fully saturated rings. The zero-order chi connectivity index (χ0) is 44.1. The van der Waals surface area contributed by atoms with Crippen LogP contribution in [0.5, 0.6) is 11.5 Å². The van der Waals surface area contributed by atoms with Crippen molar-refractivity contribution in [1.29, 1.82) is 0 Å². The molecule has 0 unspecified atom stereocenters. The van der Waals surface area contributed by atoms with Crippen LogP contribution in [0, 0.1) is 0 Å². The van der Waals surface area contributed by atoms with Crippen LogP contribution in [0.2, 0.25) is 0 Å². The summed E-state index contributed by atoms with van der Waals surface area (Å²) in [6, 6.07) is 23.9. The Balaban J connectivity index is 0.000000155. The molecular formula is C45H47ClN10O8. The Bertz CT molecular complexity index is 2600. The molecule has 0 spiro atoms. The highest BCUT2D eigenvalue weighted by atomic mass is 35.5. The number of ether oxygens (including phenoxy) is 3. The molecule has 64 heavy (non-hydrogen) atoms. The van der Waals surface area contributed by atoms with Crippen LogP contribution in [-0.2, 0) is 25.2 Å². The molecule has 4 N–H and O–H groups in total. The van der Waals surface area contributed by atoms with Crippen molar-refractivity contribution < 1.29 is 37.9 Å². The Morgan fingerprint density at radius 2 is 1.39 bits per heavy atom. The molecule has 3 amide bonds. The summed E-state index contributed by atoms with van der Waals surface area (Å²) in [5.74, 6) is 1.12. The first kappa shape index (κ1) is 44.9. The van der Waals surface area contributed by atoms with Crippen LogP contribution in [0.1, 0.15) is 76.4 Å². The predicted octanol–water partition coefficient (Wildman–Crippen LogP) is 4.55. The van der Waals surface area contributed by atoms with E-state index in [1.807, 2.05) is 36.4 Å². The van der Waals surface area contributed by atoms with Gasteiger partial charge in [0.2, 0.25) is 11.7 Å². The quantitative estimate of drug-likeness (QED) is 0.178. The first-order valence-electron chi connectivity index (χ1n) is 20.5. The van der Waals surface area contributed by atoms with Gasteiger partial charge in [-0.15, -0.1) is 17.5 Å².